The molecule has 0 aliphatic rings. The van der Waals surface area contributed by atoms with Gasteiger partial charge in [0.1, 0.15) is 6.04 Å². The Morgan fingerprint density at radius 2 is 1.15 bits per heavy atom. The second-order valence-corrected chi connectivity index (χ2v) is 6.77. The van der Waals surface area contributed by atoms with Gasteiger partial charge in [0, 0.05) is 10.8 Å². The average Bonchev–Trinajstić information content (AvgIpc) is 2.98. The molecule has 1 atom stereocenters. The minimum absolute atomic E-state index is 0.392. The molecular formula is C22H15NO4. The predicted octanol–water partition coefficient (Wildman–Crippen LogP) is 3.43. The minimum Gasteiger partial charge on any atom is -0.467 e. The van der Waals surface area contributed by atoms with Crippen molar-refractivity contribution in [3.63, 3.8) is 0 Å². The highest BCUT2D eigenvalue weighted by Gasteiger charge is 2.28. The Labute approximate surface area is 153 Å². The van der Waals surface area contributed by atoms with Crippen LogP contribution in [0.15, 0.2) is 58.1 Å². The van der Waals surface area contributed by atoms with Gasteiger partial charge in [-0.3, -0.25) is 14.2 Å². The quantitative estimate of drug-likeness (QED) is 0.359. The third-order valence-corrected chi connectivity index (χ3v) is 5.48. The first-order valence-corrected chi connectivity index (χ1v) is 8.70. The predicted molar refractivity (Wildman–Crippen MR) is 106 cm³/mol. The van der Waals surface area contributed by atoms with E-state index in [0.29, 0.717) is 10.8 Å². The molecule has 0 saturated heterocycles. The fraction of sp³-hybridized carbons (Fsp3) is 0.136. The molecule has 0 saturated carbocycles. The number of nitrogens with zero attached hydrogens (tertiary/aromatic N) is 1. The number of carbonyl (C=O) groups is 1. The highest BCUT2D eigenvalue weighted by atomic mass is 16.5. The molecule has 0 spiro atoms. The van der Waals surface area contributed by atoms with Gasteiger partial charge in [-0.15, -0.1) is 0 Å². The molecule has 27 heavy (non-hydrogen) atoms. The van der Waals surface area contributed by atoms with Crippen LogP contribution in [0, 0.1) is 0 Å². The van der Waals surface area contributed by atoms with E-state index < -0.39 is 23.1 Å². The molecule has 5 nitrogen and oxygen atoms in total. The Kier molecular flexibility index (Phi) is 3.07. The summed E-state index contributed by atoms with van der Waals surface area (Å²) < 4.78 is 5.77. The largest absolute Gasteiger partial charge is 0.467 e. The summed E-state index contributed by atoms with van der Waals surface area (Å²) in [6.07, 6.45) is 0. The second kappa shape index (κ2) is 5.27. The zero-order valence-corrected chi connectivity index (χ0v) is 14.8. The van der Waals surface area contributed by atoms with E-state index in [1.165, 1.54) is 14.0 Å². The van der Waals surface area contributed by atoms with Crippen LogP contribution < -0.4 is 11.1 Å². The van der Waals surface area contributed by atoms with Crippen molar-refractivity contribution in [2.45, 2.75) is 13.0 Å². The Balaban J connectivity index is 2.14. The number of carbonyl (C=O) groups excluding carboxylic acids is 1. The number of benzene rings is 5. The monoisotopic (exact) mass is 357 g/mol. The lowest BCUT2D eigenvalue weighted by atomic mass is 9.88. The van der Waals surface area contributed by atoms with Crippen molar-refractivity contribution in [2.75, 3.05) is 7.11 Å². The van der Waals surface area contributed by atoms with Gasteiger partial charge in [-0.1, -0.05) is 48.5 Å². The van der Waals surface area contributed by atoms with Gasteiger partial charge in [-0.2, -0.15) is 0 Å². The second-order valence-electron chi connectivity index (χ2n) is 6.77. The van der Waals surface area contributed by atoms with Crippen LogP contribution in [0.3, 0.4) is 0 Å². The van der Waals surface area contributed by atoms with Gasteiger partial charge in [-0.05, 0) is 28.5 Å². The van der Waals surface area contributed by atoms with Crippen LogP contribution >= 0.6 is 0 Å². The number of ether oxygens (including phenoxy) is 1. The summed E-state index contributed by atoms with van der Waals surface area (Å²) in [7, 11) is 1.25. The first-order valence-electron chi connectivity index (χ1n) is 8.70. The molecule has 1 aromatic heterocycles. The van der Waals surface area contributed by atoms with Crippen molar-refractivity contribution in [1.29, 1.82) is 0 Å². The number of methoxy groups -OCH3 is 1. The maximum atomic E-state index is 13.2. The Hall–Kier alpha value is -3.47. The van der Waals surface area contributed by atoms with Crippen LogP contribution in [-0.4, -0.2) is 17.6 Å². The topological polar surface area (TPSA) is 65.4 Å². The first kappa shape index (κ1) is 15.8. The standard InChI is InChI=1S/C22H15NO4/c1-11(22(26)27-2)23-20(24)18-16-12-7-3-4-8-13(12)17(19(18)21(23)25)15-10-6-5-9-14(15)16/h3-11H,1-2H3. The van der Waals surface area contributed by atoms with Crippen LogP contribution in [0.4, 0.5) is 0 Å². The van der Waals surface area contributed by atoms with Crippen LogP contribution in [0.1, 0.15) is 13.0 Å². The van der Waals surface area contributed by atoms with Crippen molar-refractivity contribution in [1.82, 2.24) is 4.57 Å². The highest BCUT2D eigenvalue weighted by Crippen LogP contribution is 2.42. The number of esters is 1. The molecule has 1 heterocycles. The van der Waals surface area contributed by atoms with Gasteiger partial charge in [0.2, 0.25) is 0 Å². The Morgan fingerprint density at radius 3 is 1.48 bits per heavy atom. The van der Waals surface area contributed by atoms with E-state index in [1.807, 2.05) is 48.5 Å². The van der Waals surface area contributed by atoms with E-state index in [4.69, 9.17) is 4.74 Å². The molecular weight excluding hydrogens is 342 g/mol. The van der Waals surface area contributed by atoms with E-state index >= 15 is 0 Å². The molecule has 0 N–H and O–H groups in total. The summed E-state index contributed by atoms with van der Waals surface area (Å²) in [6, 6.07) is 14.6. The maximum absolute atomic E-state index is 13.2. The van der Waals surface area contributed by atoms with Gasteiger partial charge in [0.15, 0.2) is 0 Å². The van der Waals surface area contributed by atoms with Gasteiger partial charge in [0.05, 0.1) is 17.9 Å². The zero-order valence-electron chi connectivity index (χ0n) is 14.8. The van der Waals surface area contributed by atoms with E-state index in [-0.39, 0.29) is 0 Å². The SMILES string of the molecule is COC(=O)C(C)n1c(=O)c2c(c1=O)c1c3ccccc3c2c2ccccc21. The van der Waals surface area contributed by atoms with Gasteiger partial charge in [-0.25, -0.2) is 4.79 Å². The smallest absolute Gasteiger partial charge is 0.328 e. The molecule has 0 amide bonds. The molecule has 5 heteroatoms. The average molecular weight is 357 g/mol. The summed E-state index contributed by atoms with van der Waals surface area (Å²) in [5.74, 6) is -0.617. The van der Waals surface area contributed by atoms with E-state index in [1.54, 1.807) is 0 Å². The van der Waals surface area contributed by atoms with Crippen molar-refractivity contribution in [3.8, 4) is 0 Å². The highest BCUT2D eigenvalue weighted by molar-refractivity contribution is 6.40. The van der Waals surface area contributed by atoms with Crippen molar-refractivity contribution >= 4 is 49.1 Å². The summed E-state index contributed by atoms with van der Waals surface area (Å²) >= 11 is 0. The molecule has 2 bridgehead atoms. The molecule has 132 valence electrons. The number of aromatic nitrogens is 1. The van der Waals surface area contributed by atoms with Gasteiger partial charge < -0.3 is 4.74 Å². The summed E-state index contributed by atoms with van der Waals surface area (Å²) in [6.45, 7) is 1.51. The summed E-state index contributed by atoms with van der Waals surface area (Å²) in [5.41, 5.74) is -0.881. The fourth-order valence-corrected chi connectivity index (χ4v) is 4.31. The summed E-state index contributed by atoms with van der Waals surface area (Å²) in [5, 5.41) is 6.09. The van der Waals surface area contributed by atoms with Crippen molar-refractivity contribution < 1.29 is 9.53 Å². The normalized spacial score (nSPS) is 13.1. The first-order chi connectivity index (χ1) is 13.1. The van der Waals surface area contributed by atoms with Crippen LogP contribution in [0.25, 0.3) is 43.1 Å². The zero-order chi connectivity index (χ0) is 18.9. The number of hydrogen-bond donors (Lipinski definition) is 0. The third-order valence-electron chi connectivity index (χ3n) is 5.48. The Morgan fingerprint density at radius 1 is 0.778 bits per heavy atom. The molecule has 0 radical (unpaired) electrons. The van der Waals surface area contributed by atoms with Gasteiger partial charge in [0.25, 0.3) is 11.1 Å². The molecule has 0 fully saturated rings. The maximum Gasteiger partial charge on any atom is 0.328 e. The minimum atomic E-state index is -0.979. The lowest BCUT2D eigenvalue weighted by Crippen LogP contribution is -2.33. The third kappa shape index (κ3) is 1.81. The molecule has 6 aromatic rings. The summed E-state index contributed by atoms with van der Waals surface area (Å²) in [4.78, 5) is 38.5. The molecule has 5 aromatic carbocycles. The van der Waals surface area contributed by atoms with Crippen molar-refractivity contribution in [3.05, 3.63) is 69.2 Å². The van der Waals surface area contributed by atoms with E-state index in [2.05, 4.69) is 0 Å². The number of rotatable bonds is 2. The molecule has 0 aliphatic heterocycles. The van der Waals surface area contributed by atoms with Gasteiger partial charge >= 0.3 is 5.97 Å². The fourth-order valence-electron chi connectivity index (χ4n) is 4.31. The van der Waals surface area contributed by atoms with Crippen LogP contribution in [-0.2, 0) is 9.53 Å². The molecule has 1 unspecified atom stereocenters. The van der Waals surface area contributed by atoms with Crippen LogP contribution in [0.2, 0.25) is 0 Å². The molecule has 0 aliphatic carbocycles. The lowest BCUT2D eigenvalue weighted by Gasteiger charge is -2.13. The van der Waals surface area contributed by atoms with E-state index in [0.717, 1.165) is 36.9 Å². The van der Waals surface area contributed by atoms with Crippen molar-refractivity contribution in [2.24, 2.45) is 0 Å². The van der Waals surface area contributed by atoms with Crippen LogP contribution in [0.5, 0.6) is 0 Å². The Bertz CT molecular complexity index is 1320. The molecule has 6 rings (SSSR count). The lowest BCUT2D eigenvalue weighted by molar-refractivity contribution is -0.144. The number of hydrogen-bond acceptors (Lipinski definition) is 4. The van der Waals surface area contributed by atoms with E-state index in [9.17, 15) is 14.4 Å².